The molecule has 0 bridgehead atoms. The Bertz CT molecular complexity index is 937. The Balaban J connectivity index is 1.47. The summed E-state index contributed by atoms with van der Waals surface area (Å²) < 4.78 is 13.1. The molecule has 0 atom stereocenters. The fourth-order valence-electron chi connectivity index (χ4n) is 2.40. The van der Waals surface area contributed by atoms with Gasteiger partial charge in [0.15, 0.2) is 0 Å². The Kier molecular flexibility index (Phi) is 6.29. The molecule has 0 saturated heterocycles. The molecule has 0 saturated carbocycles. The number of carbonyl (C=O) groups excluding carboxylic acids is 1. The first-order chi connectivity index (χ1) is 13.6. The van der Waals surface area contributed by atoms with Gasteiger partial charge >= 0.3 is 6.03 Å². The van der Waals surface area contributed by atoms with Crippen molar-refractivity contribution in [1.29, 1.82) is 0 Å². The normalized spacial score (nSPS) is 10.2. The molecule has 9 heteroatoms. The van der Waals surface area contributed by atoms with E-state index in [4.69, 9.17) is 0 Å². The van der Waals surface area contributed by atoms with E-state index in [-0.39, 0.29) is 0 Å². The first-order valence-corrected chi connectivity index (χ1v) is 8.66. The number of rotatable bonds is 7. The Morgan fingerprint density at radius 2 is 1.86 bits per heavy atom. The van der Waals surface area contributed by atoms with E-state index in [0.717, 1.165) is 0 Å². The van der Waals surface area contributed by atoms with Gasteiger partial charge in [0.25, 0.3) is 0 Å². The third-order valence-corrected chi connectivity index (χ3v) is 3.56. The second-order valence-corrected chi connectivity index (χ2v) is 5.84. The fraction of sp³-hybridized carbons (Fsp3) is 0.158. The highest BCUT2D eigenvalue weighted by atomic mass is 19.1. The van der Waals surface area contributed by atoms with Crippen LogP contribution in [0.1, 0.15) is 5.82 Å². The molecule has 2 aromatic heterocycles. The zero-order valence-electron chi connectivity index (χ0n) is 15.2. The van der Waals surface area contributed by atoms with Gasteiger partial charge in [-0.1, -0.05) is 12.1 Å². The summed E-state index contributed by atoms with van der Waals surface area (Å²) in [5, 5.41) is 11.5. The van der Waals surface area contributed by atoms with E-state index in [1.54, 1.807) is 25.3 Å². The first kappa shape index (κ1) is 19.0. The average molecular weight is 381 g/mol. The monoisotopic (exact) mass is 381 g/mol. The highest BCUT2D eigenvalue weighted by molar-refractivity contribution is 5.89. The standard InChI is InChI=1S/C19H20FN7O/c1-13-24-17(12-18(25-13)27-16-7-2-3-8-21-16)22-9-10-23-19(28)26-15-6-4-5-14(20)11-15/h2-8,11-12H,9-10H2,1H3,(H2,23,26,28)(H2,21,22,24,25,27). The molecule has 8 nitrogen and oxygen atoms in total. The fourth-order valence-corrected chi connectivity index (χ4v) is 2.40. The smallest absolute Gasteiger partial charge is 0.319 e. The number of aromatic nitrogens is 3. The van der Waals surface area contributed by atoms with Gasteiger partial charge in [-0.05, 0) is 37.3 Å². The summed E-state index contributed by atoms with van der Waals surface area (Å²) in [5.41, 5.74) is 0.391. The number of anilines is 4. The number of hydrogen-bond acceptors (Lipinski definition) is 6. The van der Waals surface area contributed by atoms with Crippen LogP contribution < -0.4 is 21.3 Å². The quantitative estimate of drug-likeness (QED) is 0.468. The van der Waals surface area contributed by atoms with Crippen molar-refractivity contribution in [2.24, 2.45) is 0 Å². The van der Waals surface area contributed by atoms with Gasteiger partial charge in [0.1, 0.15) is 29.1 Å². The minimum Gasteiger partial charge on any atom is -0.368 e. The van der Waals surface area contributed by atoms with E-state index in [1.165, 1.54) is 18.2 Å². The number of nitrogens with zero attached hydrogens (tertiary/aromatic N) is 3. The Morgan fingerprint density at radius 1 is 1.00 bits per heavy atom. The van der Waals surface area contributed by atoms with Crippen LogP contribution >= 0.6 is 0 Å². The molecule has 0 unspecified atom stereocenters. The lowest BCUT2D eigenvalue weighted by molar-refractivity contribution is 0.252. The summed E-state index contributed by atoms with van der Waals surface area (Å²) in [6.07, 6.45) is 1.69. The molecule has 1 aromatic carbocycles. The molecule has 144 valence electrons. The van der Waals surface area contributed by atoms with Crippen molar-refractivity contribution in [3.05, 3.63) is 66.4 Å². The van der Waals surface area contributed by atoms with Crippen LogP contribution in [-0.2, 0) is 0 Å². The van der Waals surface area contributed by atoms with Gasteiger partial charge in [-0.15, -0.1) is 0 Å². The topological polar surface area (TPSA) is 104 Å². The number of hydrogen-bond donors (Lipinski definition) is 4. The SMILES string of the molecule is Cc1nc(NCCNC(=O)Nc2cccc(F)c2)cc(Nc2ccccn2)n1. The van der Waals surface area contributed by atoms with Crippen molar-refractivity contribution in [3.63, 3.8) is 0 Å². The van der Waals surface area contributed by atoms with Crippen molar-refractivity contribution in [2.75, 3.05) is 29.0 Å². The van der Waals surface area contributed by atoms with Crippen molar-refractivity contribution < 1.29 is 9.18 Å². The van der Waals surface area contributed by atoms with Gasteiger partial charge in [-0.3, -0.25) is 0 Å². The maximum absolute atomic E-state index is 13.1. The Morgan fingerprint density at radius 3 is 2.64 bits per heavy atom. The van der Waals surface area contributed by atoms with E-state index in [1.807, 2.05) is 18.2 Å². The van der Waals surface area contributed by atoms with E-state index < -0.39 is 11.8 Å². The molecule has 0 radical (unpaired) electrons. The third kappa shape index (κ3) is 5.90. The number of carbonyl (C=O) groups is 1. The zero-order valence-corrected chi connectivity index (χ0v) is 15.2. The van der Waals surface area contributed by atoms with Crippen molar-refractivity contribution in [1.82, 2.24) is 20.3 Å². The van der Waals surface area contributed by atoms with Gasteiger partial charge in [0.2, 0.25) is 0 Å². The largest absolute Gasteiger partial charge is 0.368 e. The molecule has 2 heterocycles. The summed E-state index contributed by atoms with van der Waals surface area (Å²) in [5.74, 6) is 2.11. The van der Waals surface area contributed by atoms with Crippen LogP contribution in [0.3, 0.4) is 0 Å². The van der Waals surface area contributed by atoms with Gasteiger partial charge < -0.3 is 21.3 Å². The average Bonchev–Trinajstić information content (AvgIpc) is 2.66. The lowest BCUT2D eigenvalue weighted by Crippen LogP contribution is -2.32. The predicted octanol–water partition coefficient (Wildman–Crippen LogP) is 3.30. The van der Waals surface area contributed by atoms with Crippen molar-refractivity contribution in [2.45, 2.75) is 6.92 Å². The lowest BCUT2D eigenvalue weighted by atomic mass is 10.3. The molecule has 0 fully saturated rings. The summed E-state index contributed by atoms with van der Waals surface area (Å²) in [6.45, 7) is 2.60. The van der Waals surface area contributed by atoms with Crippen molar-refractivity contribution >= 4 is 29.2 Å². The highest BCUT2D eigenvalue weighted by Crippen LogP contribution is 2.15. The minimum absolute atomic E-state index is 0.354. The molecule has 4 N–H and O–H groups in total. The number of pyridine rings is 1. The molecular formula is C19H20FN7O. The van der Waals surface area contributed by atoms with E-state index in [0.29, 0.717) is 42.1 Å². The highest BCUT2D eigenvalue weighted by Gasteiger charge is 2.04. The third-order valence-electron chi connectivity index (χ3n) is 3.56. The van der Waals surface area contributed by atoms with Crippen LogP contribution in [-0.4, -0.2) is 34.1 Å². The van der Waals surface area contributed by atoms with E-state index >= 15 is 0 Å². The second kappa shape index (κ2) is 9.26. The number of halogens is 1. The molecule has 3 aromatic rings. The molecule has 28 heavy (non-hydrogen) atoms. The molecule has 3 rings (SSSR count). The molecule has 0 spiro atoms. The van der Waals surface area contributed by atoms with Crippen LogP contribution in [0, 0.1) is 12.7 Å². The molecule has 0 aliphatic rings. The number of urea groups is 1. The van der Waals surface area contributed by atoms with Crippen LogP contribution in [0.4, 0.5) is 32.3 Å². The van der Waals surface area contributed by atoms with Gasteiger partial charge in [-0.2, -0.15) is 0 Å². The van der Waals surface area contributed by atoms with Gasteiger partial charge in [0.05, 0.1) is 0 Å². The summed E-state index contributed by atoms with van der Waals surface area (Å²) >= 11 is 0. The number of amides is 2. The van der Waals surface area contributed by atoms with Crippen LogP contribution in [0.25, 0.3) is 0 Å². The van der Waals surface area contributed by atoms with Crippen LogP contribution in [0.5, 0.6) is 0 Å². The number of aryl methyl sites for hydroxylation is 1. The predicted molar refractivity (Wildman–Crippen MR) is 106 cm³/mol. The summed E-state index contributed by atoms with van der Waals surface area (Å²) in [6, 6.07) is 12.6. The zero-order chi connectivity index (χ0) is 19.8. The first-order valence-electron chi connectivity index (χ1n) is 8.66. The summed E-state index contributed by atoms with van der Waals surface area (Å²) in [4.78, 5) is 24.7. The van der Waals surface area contributed by atoms with E-state index in [2.05, 4.69) is 36.2 Å². The lowest BCUT2D eigenvalue weighted by Gasteiger charge is -2.11. The van der Waals surface area contributed by atoms with Gasteiger partial charge in [-0.25, -0.2) is 24.1 Å². The van der Waals surface area contributed by atoms with E-state index in [9.17, 15) is 9.18 Å². The molecule has 0 aliphatic heterocycles. The van der Waals surface area contributed by atoms with Gasteiger partial charge in [0, 0.05) is 31.0 Å². The number of nitrogens with one attached hydrogen (secondary N) is 4. The maximum atomic E-state index is 13.1. The second-order valence-electron chi connectivity index (χ2n) is 5.84. The number of benzene rings is 1. The molecule has 2 amide bonds. The minimum atomic E-state index is -0.413. The molecule has 0 aliphatic carbocycles. The Hall–Kier alpha value is -3.75. The van der Waals surface area contributed by atoms with Crippen molar-refractivity contribution in [3.8, 4) is 0 Å². The molecular weight excluding hydrogens is 361 g/mol. The van der Waals surface area contributed by atoms with Crippen LogP contribution in [0.2, 0.25) is 0 Å². The maximum Gasteiger partial charge on any atom is 0.319 e. The summed E-state index contributed by atoms with van der Waals surface area (Å²) in [7, 11) is 0. The van der Waals surface area contributed by atoms with Crippen LogP contribution in [0.15, 0.2) is 54.7 Å². The Labute approximate surface area is 161 Å².